The maximum absolute atomic E-state index is 13.0. The summed E-state index contributed by atoms with van der Waals surface area (Å²) in [5.74, 6) is -0.965. The van der Waals surface area contributed by atoms with Crippen LogP contribution in [-0.4, -0.2) is 69.4 Å². The highest BCUT2D eigenvalue weighted by molar-refractivity contribution is 7.89. The summed E-state index contributed by atoms with van der Waals surface area (Å²) < 4.78 is 49.7. The summed E-state index contributed by atoms with van der Waals surface area (Å²) in [6.07, 6.45) is 0. The second kappa shape index (κ2) is 9.23. The number of piperazine rings is 1. The van der Waals surface area contributed by atoms with Crippen LogP contribution >= 0.6 is 0 Å². The van der Waals surface area contributed by atoms with E-state index in [0.717, 1.165) is 12.1 Å². The van der Waals surface area contributed by atoms with Gasteiger partial charge in [0.05, 0.1) is 17.6 Å². The molecule has 1 amide bonds. The van der Waals surface area contributed by atoms with Gasteiger partial charge in [-0.05, 0) is 42.5 Å². The van der Waals surface area contributed by atoms with Gasteiger partial charge in [0.2, 0.25) is 10.0 Å². The summed E-state index contributed by atoms with van der Waals surface area (Å²) in [4.78, 5) is 25.5. The molecule has 0 N–H and O–H groups in total. The van der Waals surface area contributed by atoms with Gasteiger partial charge in [0.25, 0.3) is 5.91 Å². The molecule has 1 heterocycles. The van der Waals surface area contributed by atoms with Gasteiger partial charge in [-0.15, -0.1) is 0 Å². The largest absolute Gasteiger partial charge is 0.484 e. The molecule has 0 aromatic heterocycles. The fourth-order valence-electron chi connectivity index (χ4n) is 3.00. The van der Waals surface area contributed by atoms with Gasteiger partial charge in [0.1, 0.15) is 11.6 Å². The number of rotatable bonds is 6. The molecule has 0 radical (unpaired) electrons. The van der Waals surface area contributed by atoms with Crippen LogP contribution < -0.4 is 4.74 Å². The number of benzene rings is 2. The van der Waals surface area contributed by atoms with Crippen molar-refractivity contribution in [3.8, 4) is 5.75 Å². The molecule has 0 atom stereocenters. The minimum atomic E-state index is -3.75. The first-order valence-electron chi connectivity index (χ1n) is 9.16. The van der Waals surface area contributed by atoms with Gasteiger partial charge in [-0.3, -0.25) is 4.79 Å². The van der Waals surface area contributed by atoms with Crippen molar-refractivity contribution in [3.63, 3.8) is 0 Å². The Kier molecular flexibility index (Phi) is 6.68. The van der Waals surface area contributed by atoms with Crippen LogP contribution in [0.4, 0.5) is 4.39 Å². The van der Waals surface area contributed by atoms with Gasteiger partial charge in [0, 0.05) is 26.2 Å². The molecule has 0 spiro atoms. The lowest BCUT2D eigenvalue weighted by molar-refractivity contribution is -0.134. The quantitative estimate of drug-likeness (QED) is 0.638. The SMILES string of the molecule is COC(=O)c1cccc(OCC(=O)N2CCN(S(=O)(=O)c3ccc(F)cc3)CC2)c1. The van der Waals surface area contributed by atoms with Gasteiger partial charge in [0.15, 0.2) is 6.61 Å². The van der Waals surface area contributed by atoms with E-state index < -0.39 is 21.8 Å². The number of carbonyl (C=O) groups excluding carboxylic acids is 2. The van der Waals surface area contributed by atoms with Crippen molar-refractivity contribution in [2.24, 2.45) is 0 Å². The van der Waals surface area contributed by atoms with Crippen molar-refractivity contribution >= 4 is 21.9 Å². The van der Waals surface area contributed by atoms with E-state index in [4.69, 9.17) is 4.74 Å². The Morgan fingerprint density at radius 1 is 1.03 bits per heavy atom. The fraction of sp³-hybridized carbons (Fsp3) is 0.300. The standard InChI is InChI=1S/C20H21FN2O6S/c1-28-20(25)15-3-2-4-17(13-15)29-14-19(24)22-9-11-23(12-10-22)30(26,27)18-7-5-16(21)6-8-18/h2-8,13H,9-12,14H2,1H3. The van der Waals surface area contributed by atoms with E-state index >= 15 is 0 Å². The highest BCUT2D eigenvalue weighted by Crippen LogP contribution is 2.19. The van der Waals surface area contributed by atoms with Crippen molar-refractivity contribution in [3.05, 3.63) is 59.9 Å². The Balaban J connectivity index is 1.54. The zero-order valence-electron chi connectivity index (χ0n) is 16.3. The third-order valence-corrected chi connectivity index (χ3v) is 6.57. The van der Waals surface area contributed by atoms with E-state index in [1.54, 1.807) is 18.2 Å². The van der Waals surface area contributed by atoms with E-state index in [1.165, 1.54) is 34.5 Å². The molecule has 10 heteroatoms. The van der Waals surface area contributed by atoms with Gasteiger partial charge in [-0.2, -0.15) is 4.31 Å². The van der Waals surface area contributed by atoms with Crippen molar-refractivity contribution in [1.29, 1.82) is 0 Å². The minimum absolute atomic E-state index is 0.0116. The zero-order chi connectivity index (χ0) is 21.7. The number of amides is 1. The average Bonchev–Trinajstić information content (AvgIpc) is 2.77. The molecule has 2 aromatic rings. The molecule has 30 heavy (non-hydrogen) atoms. The molecule has 0 unspecified atom stereocenters. The lowest BCUT2D eigenvalue weighted by Gasteiger charge is -2.34. The number of halogens is 1. The Labute approximate surface area is 173 Å². The summed E-state index contributed by atoms with van der Waals surface area (Å²) in [6.45, 7) is 0.442. The molecular formula is C20H21FN2O6S. The molecule has 1 saturated heterocycles. The second-order valence-electron chi connectivity index (χ2n) is 6.55. The van der Waals surface area contributed by atoms with E-state index in [2.05, 4.69) is 4.74 Å². The molecule has 0 bridgehead atoms. The van der Waals surface area contributed by atoms with Crippen LogP contribution in [0.3, 0.4) is 0 Å². The Morgan fingerprint density at radius 3 is 2.33 bits per heavy atom. The van der Waals surface area contributed by atoms with E-state index in [0.29, 0.717) is 11.3 Å². The summed E-state index contributed by atoms with van der Waals surface area (Å²) >= 11 is 0. The average molecular weight is 436 g/mol. The highest BCUT2D eigenvalue weighted by Gasteiger charge is 2.30. The van der Waals surface area contributed by atoms with Crippen molar-refractivity contribution in [2.45, 2.75) is 4.90 Å². The Bertz CT molecular complexity index is 1020. The van der Waals surface area contributed by atoms with Gasteiger partial charge in [-0.25, -0.2) is 17.6 Å². The van der Waals surface area contributed by atoms with Crippen LogP contribution in [0.2, 0.25) is 0 Å². The van der Waals surface area contributed by atoms with Crippen LogP contribution in [-0.2, 0) is 19.6 Å². The molecule has 160 valence electrons. The summed E-state index contributed by atoms with van der Waals surface area (Å²) in [6, 6.07) is 10.9. The van der Waals surface area contributed by atoms with Crippen molar-refractivity contribution in [1.82, 2.24) is 9.21 Å². The van der Waals surface area contributed by atoms with Crippen LogP contribution in [0.1, 0.15) is 10.4 Å². The van der Waals surface area contributed by atoms with Crippen LogP contribution in [0.5, 0.6) is 5.75 Å². The summed E-state index contributed by atoms with van der Waals surface area (Å²) in [7, 11) is -2.47. The Morgan fingerprint density at radius 2 is 1.70 bits per heavy atom. The lowest BCUT2D eigenvalue weighted by Crippen LogP contribution is -2.51. The van der Waals surface area contributed by atoms with Crippen molar-refractivity contribution < 1.29 is 31.9 Å². The first-order valence-corrected chi connectivity index (χ1v) is 10.6. The molecule has 1 fully saturated rings. The van der Waals surface area contributed by atoms with E-state index in [-0.39, 0.29) is 43.6 Å². The number of ether oxygens (including phenoxy) is 2. The van der Waals surface area contributed by atoms with Crippen LogP contribution in [0.25, 0.3) is 0 Å². The molecule has 1 aliphatic heterocycles. The smallest absolute Gasteiger partial charge is 0.337 e. The minimum Gasteiger partial charge on any atom is -0.484 e. The first kappa shape index (κ1) is 21.7. The number of carbonyl (C=O) groups is 2. The summed E-state index contributed by atoms with van der Waals surface area (Å²) in [5.41, 5.74) is 0.307. The number of esters is 1. The maximum atomic E-state index is 13.0. The first-order chi connectivity index (χ1) is 14.3. The molecule has 1 aliphatic rings. The monoisotopic (exact) mass is 436 g/mol. The fourth-order valence-corrected chi connectivity index (χ4v) is 4.42. The maximum Gasteiger partial charge on any atom is 0.337 e. The molecule has 3 rings (SSSR count). The lowest BCUT2D eigenvalue weighted by atomic mass is 10.2. The Hall–Kier alpha value is -2.98. The summed E-state index contributed by atoms with van der Waals surface area (Å²) in [5, 5.41) is 0. The van der Waals surface area contributed by atoms with Crippen LogP contribution in [0, 0.1) is 5.82 Å². The molecule has 0 aliphatic carbocycles. The molecule has 0 saturated carbocycles. The van der Waals surface area contributed by atoms with Crippen LogP contribution in [0.15, 0.2) is 53.4 Å². The number of hydrogen-bond donors (Lipinski definition) is 0. The zero-order valence-corrected chi connectivity index (χ0v) is 17.1. The predicted molar refractivity (Wildman–Crippen MR) is 105 cm³/mol. The second-order valence-corrected chi connectivity index (χ2v) is 8.48. The third kappa shape index (κ3) is 4.95. The highest BCUT2D eigenvalue weighted by atomic mass is 32.2. The number of sulfonamides is 1. The molecular weight excluding hydrogens is 415 g/mol. The predicted octanol–water partition coefficient (Wildman–Crippen LogP) is 1.52. The normalized spacial score (nSPS) is 14.9. The van der Waals surface area contributed by atoms with Gasteiger partial charge in [-0.1, -0.05) is 6.07 Å². The number of nitrogens with zero attached hydrogens (tertiary/aromatic N) is 2. The number of hydrogen-bond acceptors (Lipinski definition) is 6. The van der Waals surface area contributed by atoms with Gasteiger partial charge >= 0.3 is 5.97 Å². The van der Waals surface area contributed by atoms with Gasteiger partial charge < -0.3 is 14.4 Å². The van der Waals surface area contributed by atoms with E-state index in [9.17, 15) is 22.4 Å². The topological polar surface area (TPSA) is 93.2 Å². The van der Waals surface area contributed by atoms with E-state index in [1.807, 2.05) is 0 Å². The third-order valence-electron chi connectivity index (χ3n) is 4.66. The molecule has 8 nitrogen and oxygen atoms in total. The number of methoxy groups -OCH3 is 1. The van der Waals surface area contributed by atoms with Crippen molar-refractivity contribution in [2.75, 3.05) is 39.9 Å². The molecule has 2 aromatic carbocycles.